The molecule has 0 atom stereocenters. The molecule has 1 amide bonds. The maximum absolute atomic E-state index is 11.8. The maximum Gasteiger partial charge on any atom is 0.224 e. The zero-order chi connectivity index (χ0) is 23.5. The van der Waals surface area contributed by atoms with Crippen molar-refractivity contribution < 1.29 is 4.79 Å². The van der Waals surface area contributed by atoms with Gasteiger partial charge in [0, 0.05) is 40.9 Å². The summed E-state index contributed by atoms with van der Waals surface area (Å²) >= 11 is 6.27. The smallest absolute Gasteiger partial charge is 0.224 e. The summed E-state index contributed by atoms with van der Waals surface area (Å²) in [6.07, 6.45) is 5.01. The molecule has 4 nitrogen and oxygen atoms in total. The summed E-state index contributed by atoms with van der Waals surface area (Å²) in [5.41, 5.74) is 5.87. The average Bonchev–Trinajstić information content (AvgIpc) is 3.23. The van der Waals surface area contributed by atoms with Crippen molar-refractivity contribution in [1.82, 2.24) is 9.47 Å². The molecule has 0 aliphatic carbocycles. The van der Waals surface area contributed by atoms with Gasteiger partial charge in [0.15, 0.2) is 0 Å². The Hall–Kier alpha value is -3.08. The number of anilines is 1. The number of piperidine rings is 1. The van der Waals surface area contributed by atoms with Crippen LogP contribution in [0.25, 0.3) is 16.6 Å². The van der Waals surface area contributed by atoms with Gasteiger partial charge >= 0.3 is 0 Å². The molecule has 5 heteroatoms. The van der Waals surface area contributed by atoms with Crippen LogP contribution < -0.4 is 5.32 Å². The highest BCUT2D eigenvalue weighted by molar-refractivity contribution is 6.30. The number of carbonyl (C=O) groups is 1. The highest BCUT2D eigenvalue weighted by Gasteiger charge is 2.22. The number of benzene rings is 3. The lowest BCUT2D eigenvalue weighted by atomic mass is 9.89. The Morgan fingerprint density at radius 3 is 2.59 bits per heavy atom. The molecule has 174 valence electrons. The summed E-state index contributed by atoms with van der Waals surface area (Å²) in [7, 11) is 0. The summed E-state index contributed by atoms with van der Waals surface area (Å²) in [4.78, 5) is 14.3. The number of rotatable bonds is 6. The van der Waals surface area contributed by atoms with Gasteiger partial charge in [-0.05, 0) is 79.4 Å². The average molecular weight is 472 g/mol. The fourth-order valence-electron chi connectivity index (χ4n) is 5.00. The Bertz CT molecular complexity index is 1300. The van der Waals surface area contributed by atoms with E-state index in [2.05, 4.69) is 69.5 Å². The number of hydrogen-bond acceptors (Lipinski definition) is 2. The SMILES string of the molecule is CCC(=O)Nc1cccc(C2CCN(Cc3cn(-c4cccc(Cl)c4)c4ccccc34)CC2)c1. The third kappa shape index (κ3) is 4.89. The molecule has 2 heterocycles. The van der Waals surface area contributed by atoms with Crippen LogP contribution in [0.1, 0.15) is 43.2 Å². The first kappa shape index (κ1) is 22.7. The van der Waals surface area contributed by atoms with Gasteiger partial charge in [0.2, 0.25) is 5.91 Å². The Labute approximate surface area is 206 Å². The van der Waals surface area contributed by atoms with E-state index in [1.165, 1.54) is 22.0 Å². The van der Waals surface area contributed by atoms with Crippen molar-refractivity contribution in [3.8, 4) is 5.69 Å². The fraction of sp³-hybridized carbons (Fsp3) is 0.276. The molecule has 0 spiro atoms. The number of halogens is 1. The Morgan fingerprint density at radius 2 is 1.79 bits per heavy atom. The molecule has 3 aromatic carbocycles. The number of nitrogens with zero attached hydrogens (tertiary/aromatic N) is 2. The molecule has 1 fully saturated rings. The Morgan fingerprint density at radius 1 is 1.00 bits per heavy atom. The predicted molar refractivity (Wildman–Crippen MR) is 141 cm³/mol. The molecule has 1 aliphatic heterocycles. The molecule has 0 saturated carbocycles. The van der Waals surface area contributed by atoms with Crippen molar-refractivity contribution >= 4 is 34.1 Å². The first-order valence-corrected chi connectivity index (χ1v) is 12.5. The van der Waals surface area contributed by atoms with E-state index in [1.54, 1.807) is 0 Å². The van der Waals surface area contributed by atoms with Crippen molar-refractivity contribution in [2.24, 2.45) is 0 Å². The lowest BCUT2D eigenvalue weighted by molar-refractivity contribution is -0.115. The third-order valence-electron chi connectivity index (χ3n) is 6.83. The standard InChI is InChI=1S/C29H30ClN3O/c1-2-29(34)31-25-9-5-7-22(17-25)21-13-15-32(16-14-21)19-23-20-33(26-10-6-8-24(30)18-26)28-12-4-3-11-27(23)28/h3-12,17-18,20-21H,2,13-16,19H2,1H3,(H,31,34). The maximum atomic E-state index is 11.8. The number of likely N-dealkylation sites (tertiary alicyclic amines) is 1. The number of hydrogen-bond donors (Lipinski definition) is 1. The molecule has 0 radical (unpaired) electrons. The van der Waals surface area contributed by atoms with Crippen LogP contribution in [0.5, 0.6) is 0 Å². The molecule has 0 bridgehead atoms. The van der Waals surface area contributed by atoms with Crippen LogP contribution in [0.4, 0.5) is 5.69 Å². The summed E-state index contributed by atoms with van der Waals surface area (Å²) in [5.74, 6) is 0.589. The number of carbonyl (C=O) groups excluding carboxylic acids is 1. The minimum absolute atomic E-state index is 0.0592. The quantitative estimate of drug-likeness (QED) is 0.328. The van der Waals surface area contributed by atoms with Crippen molar-refractivity contribution in [2.45, 2.75) is 38.6 Å². The van der Waals surface area contributed by atoms with Crippen molar-refractivity contribution in [3.05, 3.63) is 95.1 Å². The second-order valence-corrected chi connectivity index (χ2v) is 9.54. The lowest BCUT2D eigenvalue weighted by Crippen LogP contribution is -2.32. The van der Waals surface area contributed by atoms with E-state index in [0.717, 1.165) is 48.9 Å². The minimum atomic E-state index is 0.0592. The van der Waals surface area contributed by atoms with Gasteiger partial charge in [0.05, 0.1) is 5.52 Å². The van der Waals surface area contributed by atoms with Gasteiger partial charge in [-0.15, -0.1) is 0 Å². The monoisotopic (exact) mass is 471 g/mol. The molecule has 1 aromatic heterocycles. The van der Waals surface area contributed by atoms with Crippen LogP contribution in [0.3, 0.4) is 0 Å². The summed E-state index contributed by atoms with van der Waals surface area (Å²) in [6, 6.07) is 25.0. The molecule has 4 aromatic rings. The highest BCUT2D eigenvalue weighted by Crippen LogP contribution is 2.32. The molecule has 1 N–H and O–H groups in total. The Balaban J connectivity index is 1.30. The summed E-state index contributed by atoms with van der Waals surface area (Å²) in [6.45, 7) is 4.94. The van der Waals surface area contributed by atoms with Crippen LogP contribution in [0, 0.1) is 0 Å². The number of aromatic nitrogens is 1. The Kier molecular flexibility index (Phi) is 6.70. The van der Waals surface area contributed by atoms with Gasteiger partial charge < -0.3 is 9.88 Å². The molecular weight excluding hydrogens is 442 g/mol. The third-order valence-corrected chi connectivity index (χ3v) is 7.06. The second kappa shape index (κ2) is 10.0. The van der Waals surface area contributed by atoms with Gasteiger partial charge in [-0.25, -0.2) is 0 Å². The topological polar surface area (TPSA) is 37.3 Å². The van der Waals surface area contributed by atoms with E-state index in [-0.39, 0.29) is 5.91 Å². The van der Waals surface area contributed by atoms with Crippen molar-refractivity contribution in [1.29, 1.82) is 0 Å². The zero-order valence-electron chi connectivity index (χ0n) is 19.5. The molecule has 34 heavy (non-hydrogen) atoms. The van der Waals surface area contributed by atoms with E-state index >= 15 is 0 Å². The zero-order valence-corrected chi connectivity index (χ0v) is 20.3. The lowest BCUT2D eigenvalue weighted by Gasteiger charge is -2.32. The summed E-state index contributed by atoms with van der Waals surface area (Å²) in [5, 5.41) is 5.03. The second-order valence-electron chi connectivity index (χ2n) is 9.10. The molecule has 0 unspecified atom stereocenters. The highest BCUT2D eigenvalue weighted by atomic mass is 35.5. The van der Waals surface area contributed by atoms with E-state index in [0.29, 0.717) is 12.3 Å². The van der Waals surface area contributed by atoms with Crippen LogP contribution in [-0.2, 0) is 11.3 Å². The van der Waals surface area contributed by atoms with Crippen molar-refractivity contribution in [2.75, 3.05) is 18.4 Å². The van der Waals surface area contributed by atoms with Gasteiger partial charge in [-0.2, -0.15) is 0 Å². The van der Waals surface area contributed by atoms with E-state index in [4.69, 9.17) is 11.6 Å². The van der Waals surface area contributed by atoms with Crippen LogP contribution >= 0.6 is 11.6 Å². The normalized spacial score (nSPS) is 15.0. The van der Waals surface area contributed by atoms with Crippen LogP contribution in [-0.4, -0.2) is 28.5 Å². The van der Waals surface area contributed by atoms with E-state index in [1.807, 2.05) is 31.2 Å². The number of amides is 1. The van der Waals surface area contributed by atoms with E-state index < -0.39 is 0 Å². The first-order chi connectivity index (χ1) is 16.6. The number of nitrogens with one attached hydrogen (secondary N) is 1. The first-order valence-electron chi connectivity index (χ1n) is 12.1. The van der Waals surface area contributed by atoms with Gasteiger partial charge in [-0.3, -0.25) is 9.69 Å². The number of fused-ring (bicyclic) bond motifs is 1. The predicted octanol–water partition coefficient (Wildman–Crippen LogP) is 7.01. The molecule has 1 saturated heterocycles. The number of para-hydroxylation sites is 1. The van der Waals surface area contributed by atoms with Crippen LogP contribution in [0.15, 0.2) is 79.0 Å². The van der Waals surface area contributed by atoms with Crippen LogP contribution in [0.2, 0.25) is 5.02 Å². The van der Waals surface area contributed by atoms with Gasteiger partial charge in [0.25, 0.3) is 0 Å². The van der Waals surface area contributed by atoms with E-state index in [9.17, 15) is 4.79 Å². The largest absolute Gasteiger partial charge is 0.326 e. The molecular formula is C29H30ClN3O. The molecule has 5 rings (SSSR count). The fourth-order valence-corrected chi connectivity index (χ4v) is 5.19. The molecule has 1 aliphatic rings. The van der Waals surface area contributed by atoms with Gasteiger partial charge in [-0.1, -0.05) is 54.9 Å². The van der Waals surface area contributed by atoms with Crippen molar-refractivity contribution in [3.63, 3.8) is 0 Å². The minimum Gasteiger partial charge on any atom is -0.326 e. The van der Waals surface area contributed by atoms with Gasteiger partial charge in [0.1, 0.15) is 0 Å². The summed E-state index contributed by atoms with van der Waals surface area (Å²) < 4.78 is 2.25.